The Balaban J connectivity index is 2.41. The molecule has 0 aliphatic heterocycles. The Hall–Kier alpha value is -1.17. The number of rotatable bonds is 8. The van der Waals surface area contributed by atoms with Crippen LogP contribution in [0, 0.1) is 6.92 Å². The standard InChI is InChI=1S/C13H22N2O3/c1-4-17-13(18-5-2)9-14-8-11-12(16)7-6-10(3)15-11/h6-7,13-14,16H,4-5,8-9H2,1-3H3. The zero-order chi connectivity index (χ0) is 13.4. The molecule has 1 aromatic heterocycles. The lowest BCUT2D eigenvalue weighted by Gasteiger charge is -2.17. The summed E-state index contributed by atoms with van der Waals surface area (Å²) in [4.78, 5) is 4.27. The molecule has 18 heavy (non-hydrogen) atoms. The van der Waals surface area contributed by atoms with Crippen LogP contribution in [0.25, 0.3) is 0 Å². The molecule has 0 saturated heterocycles. The molecule has 5 nitrogen and oxygen atoms in total. The summed E-state index contributed by atoms with van der Waals surface area (Å²) in [6.45, 7) is 8.04. The second kappa shape index (κ2) is 8.02. The molecule has 0 atom stereocenters. The number of nitrogens with one attached hydrogen (secondary N) is 1. The van der Waals surface area contributed by atoms with Crippen molar-refractivity contribution < 1.29 is 14.6 Å². The number of ether oxygens (including phenoxy) is 2. The lowest BCUT2D eigenvalue weighted by Crippen LogP contribution is -2.31. The highest BCUT2D eigenvalue weighted by Gasteiger charge is 2.08. The molecule has 0 bridgehead atoms. The minimum atomic E-state index is -0.257. The fourth-order valence-electron chi connectivity index (χ4n) is 1.58. The van der Waals surface area contributed by atoms with E-state index in [1.54, 1.807) is 12.1 Å². The van der Waals surface area contributed by atoms with E-state index in [2.05, 4.69) is 10.3 Å². The number of hydrogen-bond acceptors (Lipinski definition) is 5. The van der Waals surface area contributed by atoms with Crippen LogP contribution < -0.4 is 5.32 Å². The monoisotopic (exact) mass is 254 g/mol. The van der Waals surface area contributed by atoms with Crippen molar-refractivity contribution in [1.82, 2.24) is 10.3 Å². The molecular weight excluding hydrogens is 232 g/mol. The van der Waals surface area contributed by atoms with E-state index >= 15 is 0 Å². The average molecular weight is 254 g/mol. The molecule has 0 unspecified atom stereocenters. The average Bonchev–Trinajstić information content (AvgIpc) is 2.34. The number of aryl methyl sites for hydroxylation is 1. The van der Waals surface area contributed by atoms with Gasteiger partial charge in [-0.05, 0) is 32.9 Å². The van der Waals surface area contributed by atoms with Gasteiger partial charge in [-0.1, -0.05) is 0 Å². The Bertz CT molecular complexity index is 352. The number of hydrogen-bond donors (Lipinski definition) is 2. The van der Waals surface area contributed by atoms with Gasteiger partial charge in [0.25, 0.3) is 0 Å². The maximum Gasteiger partial charge on any atom is 0.169 e. The lowest BCUT2D eigenvalue weighted by atomic mass is 10.3. The van der Waals surface area contributed by atoms with Crippen molar-refractivity contribution in [2.75, 3.05) is 19.8 Å². The van der Waals surface area contributed by atoms with Crippen molar-refractivity contribution in [3.63, 3.8) is 0 Å². The predicted molar refractivity (Wildman–Crippen MR) is 69.4 cm³/mol. The third-order valence-corrected chi connectivity index (χ3v) is 2.40. The van der Waals surface area contributed by atoms with Gasteiger partial charge in [-0.15, -0.1) is 0 Å². The maximum atomic E-state index is 9.64. The van der Waals surface area contributed by atoms with E-state index < -0.39 is 0 Å². The molecule has 2 N–H and O–H groups in total. The molecule has 0 spiro atoms. The number of aromatic nitrogens is 1. The zero-order valence-corrected chi connectivity index (χ0v) is 11.3. The van der Waals surface area contributed by atoms with Crippen molar-refractivity contribution in [2.24, 2.45) is 0 Å². The van der Waals surface area contributed by atoms with Crippen LogP contribution in [0.1, 0.15) is 25.2 Å². The second-order valence-corrected chi connectivity index (χ2v) is 3.89. The predicted octanol–water partition coefficient (Wildman–Crippen LogP) is 1.58. The molecule has 1 heterocycles. The fraction of sp³-hybridized carbons (Fsp3) is 0.615. The van der Waals surface area contributed by atoms with Gasteiger partial charge in [-0.2, -0.15) is 0 Å². The number of pyridine rings is 1. The van der Waals surface area contributed by atoms with E-state index in [4.69, 9.17) is 9.47 Å². The van der Waals surface area contributed by atoms with Gasteiger partial charge in [0.05, 0.1) is 5.69 Å². The molecule has 0 radical (unpaired) electrons. The lowest BCUT2D eigenvalue weighted by molar-refractivity contribution is -0.133. The van der Waals surface area contributed by atoms with Gasteiger partial charge in [0, 0.05) is 32.0 Å². The van der Waals surface area contributed by atoms with Crippen molar-refractivity contribution in [2.45, 2.75) is 33.6 Å². The van der Waals surface area contributed by atoms with Gasteiger partial charge in [-0.25, -0.2) is 0 Å². The molecule has 5 heteroatoms. The summed E-state index contributed by atoms with van der Waals surface area (Å²) in [7, 11) is 0. The maximum absolute atomic E-state index is 9.64. The Kier molecular flexibility index (Phi) is 6.64. The molecule has 0 aliphatic carbocycles. The minimum absolute atomic E-state index is 0.206. The fourth-order valence-corrected chi connectivity index (χ4v) is 1.58. The van der Waals surface area contributed by atoms with Crippen LogP contribution in [0.5, 0.6) is 5.75 Å². The first-order valence-corrected chi connectivity index (χ1v) is 6.26. The first kappa shape index (κ1) is 14.9. The van der Waals surface area contributed by atoms with Crippen LogP contribution >= 0.6 is 0 Å². The highest BCUT2D eigenvalue weighted by Crippen LogP contribution is 2.14. The summed E-state index contributed by atoms with van der Waals surface area (Å²) < 4.78 is 10.8. The number of nitrogens with zero attached hydrogens (tertiary/aromatic N) is 1. The van der Waals surface area contributed by atoms with E-state index in [0.717, 1.165) is 5.69 Å². The second-order valence-electron chi connectivity index (χ2n) is 3.89. The van der Waals surface area contributed by atoms with Crippen LogP contribution in [0.15, 0.2) is 12.1 Å². The topological polar surface area (TPSA) is 63.6 Å². The Morgan fingerprint density at radius 2 is 1.94 bits per heavy atom. The van der Waals surface area contributed by atoms with Gasteiger partial charge in [0.2, 0.25) is 0 Å². The quantitative estimate of drug-likeness (QED) is 0.690. The molecule has 0 aliphatic rings. The normalized spacial score (nSPS) is 11.1. The molecular formula is C13H22N2O3. The van der Waals surface area contributed by atoms with Crippen molar-refractivity contribution >= 4 is 0 Å². The summed E-state index contributed by atoms with van der Waals surface area (Å²) in [5.74, 6) is 0.206. The largest absolute Gasteiger partial charge is 0.506 e. The molecule has 1 aromatic rings. The smallest absolute Gasteiger partial charge is 0.169 e. The third kappa shape index (κ3) is 5.00. The zero-order valence-electron chi connectivity index (χ0n) is 11.3. The van der Waals surface area contributed by atoms with E-state index in [1.807, 2.05) is 20.8 Å². The third-order valence-electron chi connectivity index (χ3n) is 2.40. The van der Waals surface area contributed by atoms with Crippen LogP contribution in [0.3, 0.4) is 0 Å². The molecule has 0 fully saturated rings. The van der Waals surface area contributed by atoms with E-state index in [1.165, 1.54) is 0 Å². The number of aromatic hydroxyl groups is 1. The van der Waals surface area contributed by atoms with Gasteiger partial charge in [0.1, 0.15) is 5.75 Å². The summed E-state index contributed by atoms with van der Waals surface area (Å²) >= 11 is 0. The van der Waals surface area contributed by atoms with Gasteiger partial charge in [-0.3, -0.25) is 4.98 Å². The van der Waals surface area contributed by atoms with Crippen LogP contribution in [0.4, 0.5) is 0 Å². The van der Waals surface area contributed by atoms with E-state index in [9.17, 15) is 5.11 Å². The first-order chi connectivity index (χ1) is 8.67. The van der Waals surface area contributed by atoms with Gasteiger partial charge < -0.3 is 19.9 Å². The van der Waals surface area contributed by atoms with Gasteiger partial charge in [0.15, 0.2) is 6.29 Å². The molecule has 1 rings (SSSR count). The van der Waals surface area contributed by atoms with Gasteiger partial charge >= 0.3 is 0 Å². The molecule has 102 valence electrons. The Labute approximate surface area is 108 Å². The van der Waals surface area contributed by atoms with Crippen molar-refractivity contribution in [3.8, 4) is 5.75 Å². The summed E-state index contributed by atoms with van der Waals surface area (Å²) in [5.41, 5.74) is 1.53. The Morgan fingerprint density at radius 1 is 1.28 bits per heavy atom. The SMILES string of the molecule is CCOC(CNCc1nc(C)ccc1O)OCC. The van der Waals surface area contributed by atoms with E-state index in [-0.39, 0.29) is 12.0 Å². The molecule has 0 aromatic carbocycles. The van der Waals surface area contributed by atoms with Crippen LogP contribution in [-0.2, 0) is 16.0 Å². The molecule has 0 amide bonds. The Morgan fingerprint density at radius 3 is 2.56 bits per heavy atom. The summed E-state index contributed by atoms with van der Waals surface area (Å²) in [6.07, 6.45) is -0.257. The molecule has 0 saturated carbocycles. The van der Waals surface area contributed by atoms with Crippen molar-refractivity contribution in [3.05, 3.63) is 23.5 Å². The summed E-state index contributed by atoms with van der Waals surface area (Å²) in [5, 5.41) is 12.8. The highest BCUT2D eigenvalue weighted by molar-refractivity contribution is 5.27. The minimum Gasteiger partial charge on any atom is -0.506 e. The van der Waals surface area contributed by atoms with Crippen molar-refractivity contribution in [1.29, 1.82) is 0 Å². The van der Waals surface area contributed by atoms with Crippen LogP contribution in [0.2, 0.25) is 0 Å². The highest BCUT2D eigenvalue weighted by atomic mass is 16.7. The summed E-state index contributed by atoms with van der Waals surface area (Å²) in [6, 6.07) is 3.43. The van der Waals surface area contributed by atoms with Crippen LogP contribution in [-0.4, -0.2) is 36.1 Å². The first-order valence-electron chi connectivity index (χ1n) is 6.26. The van der Waals surface area contributed by atoms with E-state index in [0.29, 0.717) is 32.0 Å².